The molecule has 0 aliphatic rings. The molecule has 1 heterocycles. The Morgan fingerprint density at radius 2 is 2.21 bits per heavy atom. The maximum Gasteiger partial charge on any atom is 0.295 e. The Morgan fingerprint density at radius 1 is 1.47 bits per heavy atom. The lowest BCUT2D eigenvalue weighted by Gasteiger charge is -2.07. The molecule has 0 bridgehead atoms. The molecule has 0 atom stereocenters. The third-order valence-electron chi connectivity index (χ3n) is 2.56. The average molecular weight is 345 g/mol. The smallest absolute Gasteiger partial charge is 0.295 e. The molecule has 0 fully saturated rings. The molecule has 100 valence electrons. The van der Waals surface area contributed by atoms with E-state index in [4.69, 9.17) is 0 Å². The van der Waals surface area contributed by atoms with Crippen LogP contribution in [0.5, 0.6) is 0 Å². The number of thiophene rings is 1. The Labute approximate surface area is 121 Å². The quantitative estimate of drug-likeness (QED) is 0.657. The van der Waals surface area contributed by atoms with Crippen LogP contribution in [0.15, 0.2) is 28.1 Å². The van der Waals surface area contributed by atoms with Crippen LogP contribution in [-0.2, 0) is 6.54 Å². The summed E-state index contributed by atoms with van der Waals surface area (Å²) >= 11 is 4.89. The Kier molecular flexibility index (Phi) is 4.16. The number of anilines is 1. The summed E-state index contributed by atoms with van der Waals surface area (Å²) in [5.74, 6) is -0.573. The fourth-order valence-corrected chi connectivity index (χ4v) is 3.02. The van der Waals surface area contributed by atoms with E-state index in [0.717, 1.165) is 14.7 Å². The Bertz CT molecular complexity index is 630. The highest BCUT2D eigenvalue weighted by Crippen LogP contribution is 2.29. The van der Waals surface area contributed by atoms with E-state index in [9.17, 15) is 14.5 Å². The molecule has 19 heavy (non-hydrogen) atoms. The normalized spacial score (nSPS) is 10.5. The van der Waals surface area contributed by atoms with E-state index in [1.54, 1.807) is 6.92 Å². The van der Waals surface area contributed by atoms with Crippen molar-refractivity contribution in [3.8, 4) is 0 Å². The van der Waals surface area contributed by atoms with E-state index in [1.165, 1.54) is 17.4 Å². The lowest BCUT2D eigenvalue weighted by atomic mass is 10.2. The summed E-state index contributed by atoms with van der Waals surface area (Å²) in [5, 5.41) is 13.9. The lowest BCUT2D eigenvalue weighted by molar-refractivity contribution is -0.384. The van der Waals surface area contributed by atoms with Crippen LogP contribution in [0.3, 0.4) is 0 Å². The number of nitrogens with zero attached hydrogens (tertiary/aromatic N) is 1. The average Bonchev–Trinajstić information content (AvgIpc) is 2.76. The zero-order chi connectivity index (χ0) is 14.0. The van der Waals surface area contributed by atoms with Gasteiger partial charge in [0.05, 0.1) is 14.8 Å². The van der Waals surface area contributed by atoms with Crippen LogP contribution < -0.4 is 5.32 Å². The van der Waals surface area contributed by atoms with Crippen LogP contribution in [0.1, 0.15) is 10.4 Å². The fourth-order valence-electron chi connectivity index (χ4n) is 1.59. The Balaban J connectivity index is 2.23. The molecule has 0 aliphatic heterocycles. The van der Waals surface area contributed by atoms with Crippen LogP contribution in [0.25, 0.3) is 0 Å². The van der Waals surface area contributed by atoms with Crippen molar-refractivity contribution in [2.75, 3.05) is 5.32 Å². The molecule has 1 N–H and O–H groups in total. The largest absolute Gasteiger partial charge is 0.375 e. The Morgan fingerprint density at radius 3 is 2.79 bits per heavy atom. The van der Waals surface area contributed by atoms with Gasteiger partial charge in [-0.1, -0.05) is 0 Å². The van der Waals surface area contributed by atoms with Gasteiger partial charge < -0.3 is 5.32 Å². The van der Waals surface area contributed by atoms with E-state index >= 15 is 0 Å². The van der Waals surface area contributed by atoms with Crippen molar-refractivity contribution in [1.29, 1.82) is 0 Å². The highest BCUT2D eigenvalue weighted by molar-refractivity contribution is 9.11. The highest BCUT2D eigenvalue weighted by Gasteiger charge is 2.16. The van der Waals surface area contributed by atoms with Gasteiger partial charge in [0, 0.05) is 11.4 Å². The number of hydrogen-bond acceptors (Lipinski definition) is 4. The second-order valence-electron chi connectivity index (χ2n) is 3.94. The maximum absolute atomic E-state index is 13.3. The third-order valence-corrected chi connectivity index (χ3v) is 4.18. The van der Waals surface area contributed by atoms with Crippen LogP contribution in [0.2, 0.25) is 0 Å². The highest BCUT2D eigenvalue weighted by atomic mass is 79.9. The molecule has 0 aliphatic carbocycles. The summed E-state index contributed by atoms with van der Waals surface area (Å²) in [6.07, 6.45) is 0. The lowest BCUT2D eigenvalue weighted by Crippen LogP contribution is -2.03. The van der Waals surface area contributed by atoms with E-state index in [2.05, 4.69) is 21.2 Å². The molecule has 0 unspecified atom stereocenters. The van der Waals surface area contributed by atoms with Crippen molar-refractivity contribution in [2.45, 2.75) is 13.5 Å². The first-order valence-corrected chi connectivity index (χ1v) is 7.01. The fraction of sp³-hybridized carbons (Fsp3) is 0.167. The summed E-state index contributed by atoms with van der Waals surface area (Å²) in [6, 6.07) is 6.23. The monoisotopic (exact) mass is 344 g/mol. The molecule has 1 aromatic carbocycles. The second-order valence-corrected chi connectivity index (χ2v) is 6.48. The molecule has 0 saturated heterocycles. The van der Waals surface area contributed by atoms with Gasteiger partial charge in [-0.3, -0.25) is 10.1 Å². The number of nitro groups is 1. The zero-order valence-corrected chi connectivity index (χ0v) is 12.3. The van der Waals surface area contributed by atoms with Gasteiger partial charge in [0.2, 0.25) is 0 Å². The van der Waals surface area contributed by atoms with Gasteiger partial charge in [0.1, 0.15) is 11.5 Å². The standard InChI is InChI=1S/C12H10BrFN2O2S/c1-7-4-10(11(16(17)18)5-9(7)14)15-6-8-2-3-12(13)19-8/h2-5,15H,6H2,1H3. The number of benzene rings is 1. The number of rotatable bonds is 4. The van der Waals surface area contributed by atoms with Gasteiger partial charge in [-0.05, 0) is 46.6 Å². The molecular formula is C12H10BrFN2O2S. The molecule has 2 aromatic rings. The van der Waals surface area contributed by atoms with Gasteiger partial charge in [-0.25, -0.2) is 4.39 Å². The summed E-state index contributed by atoms with van der Waals surface area (Å²) < 4.78 is 14.3. The maximum atomic E-state index is 13.3. The van der Waals surface area contributed by atoms with Crippen LogP contribution in [0, 0.1) is 22.9 Å². The number of nitro benzene ring substituents is 1. The topological polar surface area (TPSA) is 55.2 Å². The molecular weight excluding hydrogens is 335 g/mol. The molecule has 4 nitrogen and oxygen atoms in total. The minimum atomic E-state index is -0.588. The van der Waals surface area contributed by atoms with Gasteiger partial charge >= 0.3 is 0 Å². The van der Waals surface area contributed by atoms with Crippen molar-refractivity contribution in [3.63, 3.8) is 0 Å². The molecule has 2 rings (SSSR count). The summed E-state index contributed by atoms with van der Waals surface area (Å²) in [5.41, 5.74) is 0.451. The number of halogens is 2. The van der Waals surface area contributed by atoms with Gasteiger partial charge in [0.25, 0.3) is 5.69 Å². The van der Waals surface area contributed by atoms with Crippen LogP contribution in [-0.4, -0.2) is 4.92 Å². The van der Waals surface area contributed by atoms with Crippen molar-refractivity contribution < 1.29 is 9.31 Å². The second kappa shape index (κ2) is 5.66. The van der Waals surface area contributed by atoms with Crippen LogP contribution in [0.4, 0.5) is 15.8 Å². The SMILES string of the molecule is Cc1cc(NCc2ccc(Br)s2)c([N+](=O)[O-])cc1F. The van der Waals surface area contributed by atoms with Gasteiger partial charge in [-0.15, -0.1) is 11.3 Å². The number of nitrogens with one attached hydrogen (secondary N) is 1. The number of aryl methyl sites for hydroxylation is 1. The summed E-state index contributed by atoms with van der Waals surface area (Å²) in [7, 11) is 0. The van der Waals surface area contributed by atoms with Crippen molar-refractivity contribution in [3.05, 3.63) is 54.4 Å². The zero-order valence-electron chi connectivity index (χ0n) is 9.94. The molecule has 0 radical (unpaired) electrons. The summed E-state index contributed by atoms with van der Waals surface area (Å²) in [6.45, 7) is 2.04. The first kappa shape index (κ1) is 14.0. The van der Waals surface area contributed by atoms with Crippen molar-refractivity contribution in [1.82, 2.24) is 0 Å². The molecule has 0 amide bonds. The minimum Gasteiger partial charge on any atom is -0.375 e. The van der Waals surface area contributed by atoms with E-state index in [0.29, 0.717) is 17.8 Å². The molecule has 7 heteroatoms. The predicted molar refractivity (Wildman–Crippen MR) is 77.1 cm³/mol. The molecule has 1 aromatic heterocycles. The van der Waals surface area contributed by atoms with Crippen molar-refractivity contribution >= 4 is 38.6 Å². The summed E-state index contributed by atoms with van der Waals surface area (Å²) in [4.78, 5) is 11.3. The molecule has 0 saturated carbocycles. The predicted octanol–water partition coefficient (Wildman–Crippen LogP) is 4.48. The van der Waals surface area contributed by atoms with Crippen molar-refractivity contribution in [2.24, 2.45) is 0 Å². The number of hydrogen-bond donors (Lipinski definition) is 1. The Hall–Kier alpha value is -1.47. The van der Waals surface area contributed by atoms with E-state index in [-0.39, 0.29) is 5.69 Å². The first-order chi connectivity index (χ1) is 8.97. The minimum absolute atomic E-state index is 0.251. The van der Waals surface area contributed by atoms with Gasteiger partial charge in [-0.2, -0.15) is 0 Å². The van der Waals surface area contributed by atoms with E-state index in [1.807, 2.05) is 12.1 Å². The van der Waals surface area contributed by atoms with Gasteiger partial charge in [0.15, 0.2) is 0 Å². The molecule has 0 spiro atoms. The van der Waals surface area contributed by atoms with E-state index < -0.39 is 10.7 Å². The first-order valence-electron chi connectivity index (χ1n) is 5.40. The van der Waals surface area contributed by atoms with Crippen LogP contribution >= 0.6 is 27.3 Å². The third kappa shape index (κ3) is 3.30.